The van der Waals surface area contributed by atoms with E-state index in [-0.39, 0.29) is 11.1 Å². The van der Waals surface area contributed by atoms with E-state index in [2.05, 4.69) is 52.5 Å². The Kier molecular flexibility index (Phi) is 5.10. The number of hydrogen-bond acceptors (Lipinski definition) is 4. The Labute approximate surface area is 188 Å². The maximum atomic E-state index is 6.53. The Morgan fingerprint density at radius 1 is 1.19 bits per heavy atom. The third kappa shape index (κ3) is 3.56. The summed E-state index contributed by atoms with van der Waals surface area (Å²) < 4.78 is 9.79. The molecule has 0 radical (unpaired) electrons. The molecule has 31 heavy (non-hydrogen) atoms. The van der Waals surface area contributed by atoms with Gasteiger partial charge in [0.25, 0.3) is 0 Å². The molecule has 2 aliphatic rings. The second kappa shape index (κ2) is 7.68. The molecule has 0 unspecified atom stereocenters. The summed E-state index contributed by atoms with van der Waals surface area (Å²) in [6.45, 7) is 4.43. The van der Waals surface area contributed by atoms with Crippen molar-refractivity contribution in [3.05, 3.63) is 47.5 Å². The molecule has 1 aromatic carbocycles. The van der Waals surface area contributed by atoms with E-state index in [1.165, 1.54) is 31.3 Å². The lowest BCUT2D eigenvalue weighted by Crippen LogP contribution is -2.57. The largest absolute Gasteiger partial charge is 0.378 e. The van der Waals surface area contributed by atoms with Gasteiger partial charge in [-0.15, -0.1) is 0 Å². The third-order valence-electron chi connectivity index (χ3n) is 7.18. The highest BCUT2D eigenvalue weighted by Gasteiger charge is 2.53. The zero-order chi connectivity index (χ0) is 21.6. The molecule has 164 valence electrons. The topological polar surface area (TPSA) is 56.9 Å². The monoisotopic (exact) mass is 439 g/mol. The SMILES string of the molecule is CCC1(OC)CC(C)(n2cc(-n3ncc4cc(Cl)c(NC=C5CCCC5)cc43)cn2)C1. The molecular formula is C24H30ClN5O. The van der Waals surface area contributed by atoms with E-state index in [9.17, 15) is 0 Å². The van der Waals surface area contributed by atoms with Crippen LogP contribution >= 0.6 is 11.6 Å². The molecule has 7 heteroatoms. The average molecular weight is 440 g/mol. The van der Waals surface area contributed by atoms with Crippen LogP contribution in [-0.2, 0) is 10.3 Å². The van der Waals surface area contributed by atoms with Crippen molar-refractivity contribution in [1.82, 2.24) is 19.6 Å². The molecular weight excluding hydrogens is 410 g/mol. The van der Waals surface area contributed by atoms with Gasteiger partial charge in [-0.3, -0.25) is 4.68 Å². The zero-order valence-corrected chi connectivity index (χ0v) is 19.2. The van der Waals surface area contributed by atoms with Gasteiger partial charge in [0, 0.05) is 31.5 Å². The number of nitrogens with one attached hydrogen (secondary N) is 1. The molecule has 3 aromatic rings. The van der Waals surface area contributed by atoms with Crippen molar-refractivity contribution in [2.45, 2.75) is 69.9 Å². The Morgan fingerprint density at radius 3 is 2.68 bits per heavy atom. The van der Waals surface area contributed by atoms with Crippen LogP contribution < -0.4 is 5.32 Å². The summed E-state index contributed by atoms with van der Waals surface area (Å²) in [7, 11) is 1.81. The third-order valence-corrected chi connectivity index (χ3v) is 7.50. The van der Waals surface area contributed by atoms with E-state index in [1.807, 2.05) is 30.3 Å². The first kappa shape index (κ1) is 20.6. The predicted molar refractivity (Wildman–Crippen MR) is 125 cm³/mol. The molecule has 6 nitrogen and oxygen atoms in total. The Morgan fingerprint density at radius 2 is 1.97 bits per heavy atom. The summed E-state index contributed by atoms with van der Waals surface area (Å²) >= 11 is 6.53. The van der Waals surface area contributed by atoms with Crippen LogP contribution in [0, 0.1) is 0 Å². The van der Waals surface area contributed by atoms with Gasteiger partial charge >= 0.3 is 0 Å². The van der Waals surface area contributed by atoms with Gasteiger partial charge in [0.15, 0.2) is 0 Å². The lowest BCUT2D eigenvalue weighted by Gasteiger charge is -2.53. The molecule has 2 aliphatic carbocycles. The van der Waals surface area contributed by atoms with Crippen LogP contribution in [0.5, 0.6) is 0 Å². The first-order valence-electron chi connectivity index (χ1n) is 11.2. The Balaban J connectivity index is 1.43. The molecule has 2 fully saturated rings. The second-order valence-electron chi connectivity index (χ2n) is 9.34. The number of methoxy groups -OCH3 is 1. The fraction of sp³-hybridized carbons (Fsp3) is 0.500. The van der Waals surface area contributed by atoms with Crippen molar-refractivity contribution >= 4 is 28.2 Å². The summed E-state index contributed by atoms with van der Waals surface area (Å²) in [5.74, 6) is 0. The molecule has 2 heterocycles. The smallest absolute Gasteiger partial charge is 0.103 e. The summed E-state index contributed by atoms with van der Waals surface area (Å²) in [4.78, 5) is 0. The maximum absolute atomic E-state index is 6.53. The highest BCUT2D eigenvalue weighted by atomic mass is 35.5. The van der Waals surface area contributed by atoms with Crippen molar-refractivity contribution < 1.29 is 4.74 Å². The predicted octanol–water partition coefficient (Wildman–Crippen LogP) is 6.05. The quantitative estimate of drug-likeness (QED) is 0.508. The van der Waals surface area contributed by atoms with Gasteiger partial charge in [0.2, 0.25) is 0 Å². The normalized spacial score (nSPS) is 25.7. The molecule has 0 bridgehead atoms. The number of aromatic nitrogens is 4. The van der Waals surface area contributed by atoms with E-state index in [0.29, 0.717) is 5.02 Å². The zero-order valence-electron chi connectivity index (χ0n) is 18.5. The van der Waals surface area contributed by atoms with E-state index in [0.717, 1.165) is 41.5 Å². The molecule has 0 spiro atoms. The number of fused-ring (bicyclic) bond motifs is 1. The maximum Gasteiger partial charge on any atom is 0.103 e. The summed E-state index contributed by atoms with van der Waals surface area (Å²) in [6.07, 6.45) is 15.8. The van der Waals surface area contributed by atoms with Crippen molar-refractivity contribution in [3.63, 3.8) is 0 Å². The van der Waals surface area contributed by atoms with E-state index in [1.54, 1.807) is 0 Å². The van der Waals surface area contributed by atoms with E-state index >= 15 is 0 Å². The van der Waals surface area contributed by atoms with Gasteiger partial charge < -0.3 is 10.1 Å². The molecule has 0 amide bonds. The highest BCUT2D eigenvalue weighted by Crippen LogP contribution is 2.50. The fourth-order valence-corrected chi connectivity index (χ4v) is 5.50. The standard InChI is InChI=1S/C24H30ClN5O/c1-4-24(31-3)15-23(2,16-24)29-14-19(13-27-29)30-22-10-21(20(25)9-18(22)12-28-30)26-11-17-7-5-6-8-17/h9-14,26H,4-8,15-16H2,1-3H3. The van der Waals surface area contributed by atoms with Crippen molar-refractivity contribution in [1.29, 1.82) is 0 Å². The minimum Gasteiger partial charge on any atom is -0.378 e. The number of benzene rings is 1. The van der Waals surface area contributed by atoms with Crippen LogP contribution in [0.15, 0.2) is 42.5 Å². The number of nitrogens with zero attached hydrogens (tertiary/aromatic N) is 4. The van der Waals surface area contributed by atoms with Gasteiger partial charge in [-0.1, -0.05) is 24.1 Å². The van der Waals surface area contributed by atoms with Crippen molar-refractivity contribution in [2.75, 3.05) is 12.4 Å². The number of rotatable bonds is 6. The molecule has 2 aromatic heterocycles. The van der Waals surface area contributed by atoms with Gasteiger partial charge in [0.1, 0.15) is 5.69 Å². The van der Waals surface area contributed by atoms with Crippen LogP contribution in [0.2, 0.25) is 5.02 Å². The van der Waals surface area contributed by atoms with Gasteiger partial charge in [-0.05, 0) is 51.2 Å². The van der Waals surface area contributed by atoms with Crippen LogP contribution in [0.3, 0.4) is 0 Å². The van der Waals surface area contributed by atoms with Crippen molar-refractivity contribution in [2.24, 2.45) is 0 Å². The Hall–Kier alpha value is -2.31. The van der Waals surface area contributed by atoms with E-state index in [4.69, 9.17) is 16.3 Å². The van der Waals surface area contributed by atoms with Gasteiger partial charge in [0.05, 0.1) is 46.0 Å². The van der Waals surface area contributed by atoms with Crippen molar-refractivity contribution in [3.8, 4) is 5.69 Å². The van der Waals surface area contributed by atoms with Crippen LogP contribution in [0.25, 0.3) is 16.6 Å². The number of allylic oxidation sites excluding steroid dienone is 1. The minimum absolute atomic E-state index is 0.0234. The Bertz CT molecular complexity index is 1120. The minimum atomic E-state index is -0.0310. The molecule has 0 atom stereocenters. The van der Waals surface area contributed by atoms with Gasteiger partial charge in [-0.2, -0.15) is 10.2 Å². The van der Waals surface area contributed by atoms with Crippen LogP contribution in [0.1, 0.15) is 58.8 Å². The molecule has 0 saturated heterocycles. The average Bonchev–Trinajstić information content (AvgIpc) is 3.49. The van der Waals surface area contributed by atoms with Crippen LogP contribution in [-0.4, -0.2) is 32.3 Å². The number of ether oxygens (including phenoxy) is 1. The van der Waals surface area contributed by atoms with Gasteiger partial charge in [-0.25, -0.2) is 4.68 Å². The highest BCUT2D eigenvalue weighted by molar-refractivity contribution is 6.34. The number of halogens is 1. The molecule has 2 saturated carbocycles. The lowest BCUT2D eigenvalue weighted by molar-refractivity contribution is -0.142. The lowest BCUT2D eigenvalue weighted by atomic mass is 9.64. The van der Waals surface area contributed by atoms with E-state index < -0.39 is 0 Å². The fourth-order valence-electron chi connectivity index (χ4n) is 5.27. The second-order valence-corrected chi connectivity index (χ2v) is 9.74. The molecule has 1 N–H and O–H groups in total. The summed E-state index contributed by atoms with van der Waals surface area (Å²) in [5, 5.41) is 14.4. The van der Waals surface area contributed by atoms with Crippen LogP contribution in [0.4, 0.5) is 5.69 Å². The first-order chi connectivity index (χ1) is 15.0. The molecule has 5 rings (SSSR count). The summed E-state index contributed by atoms with van der Waals surface area (Å²) in [6, 6.07) is 4.05. The first-order valence-corrected chi connectivity index (χ1v) is 11.6. The molecule has 0 aliphatic heterocycles. The summed E-state index contributed by atoms with van der Waals surface area (Å²) in [5.41, 5.74) is 4.27. The number of hydrogen-bond donors (Lipinski definition) is 1. The number of anilines is 1.